The maximum absolute atomic E-state index is 12.8. The Balaban J connectivity index is 1.64. The zero-order valence-corrected chi connectivity index (χ0v) is 18.2. The van der Waals surface area contributed by atoms with Crippen molar-refractivity contribution in [3.05, 3.63) is 11.1 Å². The number of nitrogens with one attached hydrogen (secondary N) is 3. The summed E-state index contributed by atoms with van der Waals surface area (Å²) in [5.41, 5.74) is 0.159. The van der Waals surface area contributed by atoms with Gasteiger partial charge in [0.25, 0.3) is 5.91 Å². The zero-order chi connectivity index (χ0) is 20.8. The van der Waals surface area contributed by atoms with Gasteiger partial charge in [0.2, 0.25) is 11.8 Å². The molecule has 1 aromatic heterocycles. The summed E-state index contributed by atoms with van der Waals surface area (Å²) >= 11 is 8.30. The number of thioether (sulfide) groups is 1. The number of amides is 3. The van der Waals surface area contributed by atoms with Gasteiger partial charge in [-0.05, 0) is 12.8 Å². The molecule has 0 aromatic carbocycles. The van der Waals surface area contributed by atoms with Gasteiger partial charge in [0.05, 0.1) is 0 Å². The van der Waals surface area contributed by atoms with E-state index in [0.717, 1.165) is 24.2 Å². The number of hydrogen-bond donors (Lipinski definition) is 3. The van der Waals surface area contributed by atoms with E-state index in [1.165, 1.54) is 26.4 Å². The number of nitrogens with zero attached hydrogens (tertiary/aromatic N) is 2. The van der Waals surface area contributed by atoms with Gasteiger partial charge >= 0.3 is 0 Å². The number of hydrogen-bond acceptors (Lipinski definition) is 8. The predicted molar refractivity (Wildman–Crippen MR) is 113 cm³/mol. The molecular formula is C17H22ClN5O4S2. The monoisotopic (exact) mass is 459 g/mol. The minimum absolute atomic E-state index is 0.0729. The molecule has 1 aliphatic carbocycles. The fourth-order valence-corrected chi connectivity index (χ4v) is 5.45. The van der Waals surface area contributed by atoms with E-state index in [9.17, 15) is 14.4 Å². The lowest BCUT2D eigenvalue weighted by Crippen LogP contribution is -2.68. The second-order valence-electron chi connectivity index (χ2n) is 6.62. The lowest BCUT2D eigenvalue weighted by atomic mass is 10.0. The van der Waals surface area contributed by atoms with Crippen LogP contribution >= 0.6 is 34.7 Å². The topological polar surface area (TPSA) is 122 Å². The Morgan fingerprint density at radius 2 is 2.17 bits per heavy atom. The highest BCUT2D eigenvalue weighted by Crippen LogP contribution is 2.33. The van der Waals surface area contributed by atoms with Gasteiger partial charge in [0, 0.05) is 10.6 Å². The molecule has 29 heavy (non-hydrogen) atoms. The van der Waals surface area contributed by atoms with Crippen molar-refractivity contribution in [3.63, 3.8) is 0 Å². The molecule has 0 radical (unpaired) electrons. The van der Waals surface area contributed by atoms with Crippen molar-refractivity contribution >= 4 is 63.3 Å². The quantitative estimate of drug-likeness (QED) is 0.235. The van der Waals surface area contributed by atoms with Crippen LogP contribution in [0.25, 0.3) is 0 Å². The zero-order valence-electron chi connectivity index (χ0n) is 15.8. The standard InChI is InChI=1S/C17H22ClN5O4S2/c1-27-23-12(10-8-28-17(19-10)20-11(24)7-18)14(25)21-13-15(26)22-16(13)29-9-5-3-2-4-6-9/h8-9,13,16H,2-7H2,1H3,(H,21,25)(H,22,26)(H,19,20,24)/b23-12-/t13-,16+/m1/s1. The number of aromatic nitrogens is 1. The molecule has 0 spiro atoms. The Bertz CT molecular complexity index is 797. The normalized spacial score (nSPS) is 22.4. The Morgan fingerprint density at radius 1 is 1.41 bits per heavy atom. The van der Waals surface area contributed by atoms with Crippen LogP contribution in [0.5, 0.6) is 0 Å². The Labute approximate surface area is 181 Å². The van der Waals surface area contributed by atoms with Crippen LogP contribution in [0.3, 0.4) is 0 Å². The van der Waals surface area contributed by atoms with E-state index < -0.39 is 17.9 Å². The third-order valence-electron chi connectivity index (χ3n) is 4.56. The van der Waals surface area contributed by atoms with Gasteiger partial charge in [-0.25, -0.2) is 4.98 Å². The van der Waals surface area contributed by atoms with Crippen molar-refractivity contribution in [1.82, 2.24) is 15.6 Å². The van der Waals surface area contributed by atoms with Crippen molar-refractivity contribution in [2.45, 2.75) is 48.8 Å². The van der Waals surface area contributed by atoms with Crippen molar-refractivity contribution in [2.75, 3.05) is 18.3 Å². The first kappa shape index (κ1) is 21.8. The number of carbonyl (C=O) groups excluding carboxylic acids is 3. The van der Waals surface area contributed by atoms with Crippen LogP contribution in [-0.2, 0) is 19.2 Å². The van der Waals surface area contributed by atoms with Crippen LogP contribution in [0.15, 0.2) is 10.5 Å². The molecule has 158 valence electrons. The van der Waals surface area contributed by atoms with E-state index in [-0.39, 0.29) is 33.7 Å². The Morgan fingerprint density at radius 3 is 2.83 bits per heavy atom. The van der Waals surface area contributed by atoms with Crippen LogP contribution in [0, 0.1) is 0 Å². The fraction of sp³-hybridized carbons (Fsp3) is 0.588. The largest absolute Gasteiger partial charge is 0.398 e. The third-order valence-corrected chi connectivity index (χ3v) is 7.10. The number of rotatable bonds is 8. The minimum Gasteiger partial charge on any atom is -0.398 e. The van der Waals surface area contributed by atoms with E-state index in [0.29, 0.717) is 5.25 Å². The van der Waals surface area contributed by atoms with Gasteiger partial charge in [-0.15, -0.1) is 34.7 Å². The molecule has 2 heterocycles. The van der Waals surface area contributed by atoms with E-state index in [2.05, 4.69) is 26.1 Å². The van der Waals surface area contributed by atoms with Gasteiger partial charge in [-0.2, -0.15) is 0 Å². The number of thiazole rings is 1. The fourth-order valence-electron chi connectivity index (χ4n) is 3.11. The van der Waals surface area contributed by atoms with Gasteiger partial charge in [0.15, 0.2) is 10.8 Å². The molecule has 0 bridgehead atoms. The molecule has 12 heteroatoms. The van der Waals surface area contributed by atoms with Gasteiger partial charge < -0.3 is 20.8 Å². The number of oxime groups is 1. The summed E-state index contributed by atoms with van der Waals surface area (Å²) in [6, 6.07) is -0.634. The summed E-state index contributed by atoms with van der Waals surface area (Å²) in [4.78, 5) is 45.1. The lowest BCUT2D eigenvalue weighted by molar-refractivity contribution is -0.132. The smallest absolute Gasteiger partial charge is 0.276 e. The number of anilines is 1. The van der Waals surface area contributed by atoms with E-state index in [1.807, 2.05) is 0 Å². The molecule has 2 aliphatic rings. The highest BCUT2D eigenvalue weighted by molar-refractivity contribution is 8.00. The third kappa shape index (κ3) is 5.61. The number of β-lactam (4-membered cyclic amide) rings is 1. The Hall–Kier alpha value is -1.85. The molecule has 1 aliphatic heterocycles. The van der Waals surface area contributed by atoms with Crippen molar-refractivity contribution in [3.8, 4) is 0 Å². The predicted octanol–water partition coefficient (Wildman–Crippen LogP) is 1.68. The summed E-state index contributed by atoms with van der Waals surface area (Å²) in [7, 11) is 1.31. The van der Waals surface area contributed by atoms with Crippen molar-refractivity contribution < 1.29 is 19.2 Å². The molecule has 1 saturated carbocycles. The van der Waals surface area contributed by atoms with Crippen LogP contribution < -0.4 is 16.0 Å². The maximum Gasteiger partial charge on any atom is 0.276 e. The summed E-state index contributed by atoms with van der Waals surface area (Å²) < 4.78 is 0. The lowest BCUT2D eigenvalue weighted by Gasteiger charge is -2.39. The summed E-state index contributed by atoms with van der Waals surface area (Å²) in [5.74, 6) is -1.40. The van der Waals surface area contributed by atoms with Gasteiger partial charge in [-0.1, -0.05) is 24.4 Å². The van der Waals surface area contributed by atoms with E-state index in [1.54, 1.807) is 17.1 Å². The average molecular weight is 460 g/mol. The second-order valence-corrected chi connectivity index (χ2v) is 9.19. The molecule has 9 nitrogen and oxygen atoms in total. The molecule has 3 N–H and O–H groups in total. The average Bonchev–Trinajstić information content (AvgIpc) is 3.18. The molecule has 2 atom stereocenters. The highest BCUT2D eigenvalue weighted by Gasteiger charge is 2.43. The Kier molecular flexibility index (Phi) is 7.73. The molecule has 3 rings (SSSR count). The van der Waals surface area contributed by atoms with E-state index in [4.69, 9.17) is 16.4 Å². The van der Waals surface area contributed by atoms with Crippen molar-refractivity contribution in [2.24, 2.45) is 5.16 Å². The number of halogens is 1. The van der Waals surface area contributed by atoms with Crippen molar-refractivity contribution in [1.29, 1.82) is 0 Å². The molecular weight excluding hydrogens is 438 g/mol. The number of carbonyl (C=O) groups is 3. The maximum atomic E-state index is 12.8. The molecule has 1 aromatic rings. The van der Waals surface area contributed by atoms with Crippen LogP contribution in [-0.4, -0.2) is 58.1 Å². The van der Waals surface area contributed by atoms with Gasteiger partial charge in [0.1, 0.15) is 30.1 Å². The van der Waals surface area contributed by atoms with E-state index >= 15 is 0 Å². The summed E-state index contributed by atoms with van der Waals surface area (Å²) in [6.45, 7) is 0. The van der Waals surface area contributed by atoms with Crippen LogP contribution in [0.1, 0.15) is 37.8 Å². The molecule has 0 unspecified atom stereocenters. The van der Waals surface area contributed by atoms with Gasteiger partial charge in [-0.3, -0.25) is 14.4 Å². The first-order chi connectivity index (χ1) is 14.0. The number of alkyl halides is 1. The first-order valence-corrected chi connectivity index (χ1v) is 11.6. The molecule has 2 fully saturated rings. The van der Waals surface area contributed by atoms with Crippen LogP contribution in [0.2, 0.25) is 0 Å². The molecule has 1 saturated heterocycles. The highest BCUT2D eigenvalue weighted by atomic mass is 35.5. The first-order valence-electron chi connectivity index (χ1n) is 9.21. The summed E-state index contributed by atoms with van der Waals surface area (Å²) in [5, 5.41) is 14.0. The SMILES string of the molecule is CO/N=C(\C(=O)N[C@@H]1C(=O)N[C@H]1SC1CCCCC1)c1csc(NC(=O)CCl)n1. The molecule has 3 amide bonds. The van der Waals surface area contributed by atoms with Crippen LogP contribution in [0.4, 0.5) is 5.13 Å². The summed E-state index contributed by atoms with van der Waals surface area (Å²) in [6.07, 6.45) is 5.92. The minimum atomic E-state index is -0.634. The second kappa shape index (κ2) is 10.3.